The molecule has 4 heteroatoms. The molecule has 2 nitrogen and oxygen atoms in total. The zero-order valence-electron chi connectivity index (χ0n) is 10.8. The summed E-state index contributed by atoms with van der Waals surface area (Å²) >= 11 is 1.41. The summed E-state index contributed by atoms with van der Waals surface area (Å²) in [5.41, 5.74) is -0.0438. The first kappa shape index (κ1) is 14.9. The number of rotatable bonds is 8. The van der Waals surface area contributed by atoms with E-state index in [9.17, 15) is 9.46 Å². The lowest BCUT2D eigenvalue weighted by Crippen LogP contribution is -2.15. The van der Waals surface area contributed by atoms with Crippen LogP contribution in [0.5, 0.6) is 0 Å². The van der Waals surface area contributed by atoms with Crippen LogP contribution in [0.25, 0.3) is 0 Å². The van der Waals surface area contributed by atoms with Gasteiger partial charge in [0, 0.05) is 5.66 Å². The monoisotopic (exact) mass is 274 g/mol. The van der Waals surface area contributed by atoms with Crippen molar-refractivity contribution in [3.63, 3.8) is 0 Å². The van der Waals surface area contributed by atoms with Crippen molar-refractivity contribution in [3.05, 3.63) is 17.5 Å². The molecule has 0 saturated heterocycles. The molecule has 0 aliphatic carbocycles. The molecule has 2 atom stereocenters. The van der Waals surface area contributed by atoms with E-state index in [1.165, 1.54) is 11.3 Å². The second kappa shape index (κ2) is 7.35. The van der Waals surface area contributed by atoms with Gasteiger partial charge in [-0.2, -0.15) is 0 Å². The van der Waals surface area contributed by atoms with Gasteiger partial charge in [-0.05, 0) is 24.3 Å². The Morgan fingerprint density at radius 2 is 2.06 bits per heavy atom. The summed E-state index contributed by atoms with van der Waals surface area (Å²) in [6.07, 6.45) is 6.10. The molecular weight excluding hydrogens is 251 g/mol. The summed E-state index contributed by atoms with van der Waals surface area (Å²) < 4.78 is 13.2. The van der Waals surface area contributed by atoms with Crippen LogP contribution in [0.15, 0.2) is 17.5 Å². The maximum Gasteiger partial charge on any atom is 0.242 e. The fraction of sp³-hybridized carbons (Fsp3) is 0.692. The van der Waals surface area contributed by atoms with Crippen molar-refractivity contribution in [2.75, 3.05) is 0 Å². The quantitative estimate of drug-likeness (QED) is 0.564. The Hall–Kier alpha value is -0.110. The predicted octanol–water partition coefficient (Wildman–Crippen LogP) is 4.39. The summed E-state index contributed by atoms with van der Waals surface area (Å²) in [5, 5.41) is 1.88. The minimum atomic E-state index is -3.15. The highest BCUT2D eigenvalue weighted by Crippen LogP contribution is 2.50. The van der Waals surface area contributed by atoms with Gasteiger partial charge in [-0.1, -0.05) is 45.6 Å². The number of thiophene rings is 1. The van der Waals surface area contributed by atoms with E-state index in [1.54, 1.807) is 6.07 Å². The van der Waals surface area contributed by atoms with E-state index in [2.05, 4.69) is 13.8 Å². The minimum absolute atomic E-state index is 0.0438. The molecule has 0 amide bonds. The highest BCUT2D eigenvalue weighted by atomic mass is 32.1. The maximum absolute atomic E-state index is 12.5. The zero-order chi connectivity index (χ0) is 12.7. The lowest BCUT2D eigenvalue weighted by molar-refractivity contribution is 0.457. The summed E-state index contributed by atoms with van der Waals surface area (Å²) in [6.45, 7) is 4.24. The number of unbranched alkanes of at least 4 members (excludes halogenated alkanes) is 2. The Morgan fingerprint density at radius 1 is 1.29 bits per heavy atom. The van der Waals surface area contributed by atoms with Crippen LogP contribution >= 0.6 is 18.7 Å². The second-order valence-electron chi connectivity index (χ2n) is 4.51. The van der Waals surface area contributed by atoms with Crippen LogP contribution < -0.4 is 4.62 Å². The molecule has 0 aliphatic rings. The molecule has 0 fully saturated rings. The lowest BCUT2D eigenvalue weighted by Gasteiger charge is -2.21. The third-order valence-electron chi connectivity index (χ3n) is 3.08. The van der Waals surface area contributed by atoms with E-state index in [0.717, 1.165) is 38.5 Å². The van der Waals surface area contributed by atoms with Crippen molar-refractivity contribution >= 4 is 23.3 Å². The number of hydrogen-bond donors (Lipinski definition) is 1. The average molecular weight is 274 g/mol. The Morgan fingerprint density at radius 3 is 2.59 bits per heavy atom. The highest BCUT2D eigenvalue weighted by molar-refractivity contribution is 7.72. The molecule has 2 unspecified atom stereocenters. The Balaban J connectivity index is 2.71. The summed E-state index contributed by atoms with van der Waals surface area (Å²) in [6, 6.07) is 3.66. The molecule has 0 spiro atoms. The first-order valence-electron chi connectivity index (χ1n) is 6.49. The van der Waals surface area contributed by atoms with Crippen molar-refractivity contribution in [2.45, 2.75) is 58.0 Å². The molecule has 17 heavy (non-hydrogen) atoms. The van der Waals surface area contributed by atoms with E-state index in [-0.39, 0.29) is 5.66 Å². The van der Waals surface area contributed by atoms with E-state index >= 15 is 0 Å². The van der Waals surface area contributed by atoms with Crippen LogP contribution in [0.4, 0.5) is 0 Å². The Labute approximate surface area is 109 Å². The first-order chi connectivity index (χ1) is 8.12. The van der Waals surface area contributed by atoms with Gasteiger partial charge in [0.15, 0.2) is 0 Å². The van der Waals surface area contributed by atoms with Crippen molar-refractivity contribution in [1.29, 1.82) is 0 Å². The van der Waals surface area contributed by atoms with E-state index < -0.39 is 7.37 Å². The molecule has 0 bridgehead atoms. The van der Waals surface area contributed by atoms with Crippen molar-refractivity contribution in [1.82, 2.24) is 0 Å². The van der Waals surface area contributed by atoms with Gasteiger partial charge < -0.3 is 4.89 Å². The molecule has 1 aromatic heterocycles. The van der Waals surface area contributed by atoms with Gasteiger partial charge in [-0.15, -0.1) is 11.3 Å². The summed E-state index contributed by atoms with van der Waals surface area (Å²) in [4.78, 5) is 10.3. The molecule has 98 valence electrons. The van der Waals surface area contributed by atoms with Crippen LogP contribution in [0, 0.1) is 0 Å². The van der Waals surface area contributed by atoms with Crippen LogP contribution in [-0.2, 0) is 4.57 Å². The van der Waals surface area contributed by atoms with Crippen molar-refractivity contribution < 1.29 is 9.46 Å². The number of hydrogen-bond acceptors (Lipinski definition) is 2. The molecule has 0 aromatic carbocycles. The first-order valence-corrected chi connectivity index (χ1v) is 9.10. The normalized spacial score (nSPS) is 16.6. The van der Waals surface area contributed by atoms with Crippen LogP contribution in [-0.4, -0.2) is 10.6 Å². The fourth-order valence-electron chi connectivity index (χ4n) is 2.09. The smallest absolute Gasteiger partial charge is 0.242 e. The van der Waals surface area contributed by atoms with Gasteiger partial charge in [0.1, 0.15) is 0 Å². The summed E-state index contributed by atoms with van der Waals surface area (Å²) in [7, 11) is -3.15. The Kier molecular flexibility index (Phi) is 6.47. The van der Waals surface area contributed by atoms with Gasteiger partial charge in [-0.3, -0.25) is 4.57 Å². The van der Waals surface area contributed by atoms with Gasteiger partial charge in [0.2, 0.25) is 7.37 Å². The van der Waals surface area contributed by atoms with Crippen LogP contribution in [0.1, 0.15) is 52.4 Å². The van der Waals surface area contributed by atoms with Crippen LogP contribution in [0.3, 0.4) is 0 Å². The molecule has 0 saturated carbocycles. The fourth-order valence-corrected chi connectivity index (χ4v) is 5.58. The molecule has 1 heterocycles. The highest BCUT2D eigenvalue weighted by Gasteiger charge is 2.32. The van der Waals surface area contributed by atoms with Gasteiger partial charge in [0.05, 0.1) is 4.62 Å². The average Bonchev–Trinajstić information content (AvgIpc) is 2.82. The largest absolute Gasteiger partial charge is 0.340 e. The van der Waals surface area contributed by atoms with Gasteiger partial charge in [-0.25, -0.2) is 0 Å². The third-order valence-corrected chi connectivity index (χ3v) is 7.14. The van der Waals surface area contributed by atoms with E-state index in [0.29, 0.717) is 4.62 Å². The summed E-state index contributed by atoms with van der Waals surface area (Å²) in [5.74, 6) is 0. The van der Waals surface area contributed by atoms with Crippen LogP contribution in [0.2, 0.25) is 0 Å². The second-order valence-corrected chi connectivity index (χ2v) is 8.22. The van der Waals surface area contributed by atoms with Gasteiger partial charge in [0.25, 0.3) is 0 Å². The SMILES string of the molecule is CCCCCC(CCC)P(=O)(O)c1cccs1. The molecule has 1 aromatic rings. The molecule has 1 N–H and O–H groups in total. The Bertz CT molecular complexity index is 348. The van der Waals surface area contributed by atoms with Gasteiger partial charge >= 0.3 is 0 Å². The standard InChI is InChI=1S/C13H23O2PS/c1-3-5-6-9-12(8-4-2)16(14,15)13-10-7-11-17-13/h7,10-12H,3-6,8-9H2,1-2H3,(H,14,15). The topological polar surface area (TPSA) is 37.3 Å². The lowest BCUT2D eigenvalue weighted by atomic mass is 10.1. The minimum Gasteiger partial charge on any atom is -0.340 e. The molecular formula is C13H23O2PS. The van der Waals surface area contributed by atoms with Crippen molar-refractivity contribution in [3.8, 4) is 0 Å². The van der Waals surface area contributed by atoms with Crippen molar-refractivity contribution in [2.24, 2.45) is 0 Å². The predicted molar refractivity (Wildman–Crippen MR) is 76.6 cm³/mol. The molecule has 0 aliphatic heterocycles. The maximum atomic E-state index is 12.5. The third kappa shape index (κ3) is 4.24. The zero-order valence-corrected chi connectivity index (χ0v) is 12.5. The molecule has 0 radical (unpaired) electrons. The molecule has 1 rings (SSSR count). The van der Waals surface area contributed by atoms with E-state index in [1.807, 2.05) is 11.4 Å². The van der Waals surface area contributed by atoms with E-state index in [4.69, 9.17) is 0 Å².